The van der Waals surface area contributed by atoms with E-state index in [2.05, 4.69) is 14.8 Å². The molecule has 0 fully saturated rings. The Morgan fingerprint density at radius 3 is 3.17 bits per heavy atom. The van der Waals surface area contributed by atoms with Crippen molar-refractivity contribution in [2.75, 3.05) is 7.11 Å². The molecule has 0 aliphatic carbocycles. The minimum absolute atomic E-state index is 0.00736. The third-order valence-electron chi connectivity index (χ3n) is 1.18. The van der Waals surface area contributed by atoms with Crippen LogP contribution in [0.1, 0.15) is 16.2 Å². The number of amides is 1. The van der Waals surface area contributed by atoms with E-state index < -0.39 is 5.91 Å². The molecule has 0 aliphatic rings. The zero-order chi connectivity index (χ0) is 8.97. The minimum Gasteiger partial charge on any atom is -0.438 e. The summed E-state index contributed by atoms with van der Waals surface area (Å²) in [6, 6.07) is 0. The first-order chi connectivity index (χ1) is 5.75. The SMILES string of the molecule is COOCc1ncoc1C(N)=O. The topological polar surface area (TPSA) is 87.6 Å². The highest BCUT2D eigenvalue weighted by molar-refractivity contribution is 5.90. The van der Waals surface area contributed by atoms with Crippen molar-refractivity contribution in [3.05, 3.63) is 17.8 Å². The van der Waals surface area contributed by atoms with Gasteiger partial charge in [-0.15, -0.1) is 0 Å². The highest BCUT2D eigenvalue weighted by Gasteiger charge is 2.13. The van der Waals surface area contributed by atoms with Crippen molar-refractivity contribution in [3.8, 4) is 0 Å². The molecule has 6 nitrogen and oxygen atoms in total. The second-order valence-corrected chi connectivity index (χ2v) is 1.92. The Morgan fingerprint density at radius 2 is 2.58 bits per heavy atom. The number of oxazole rings is 1. The fourth-order valence-corrected chi connectivity index (χ4v) is 0.687. The van der Waals surface area contributed by atoms with E-state index >= 15 is 0 Å². The summed E-state index contributed by atoms with van der Waals surface area (Å²) in [5.74, 6) is -0.686. The van der Waals surface area contributed by atoms with E-state index in [1.165, 1.54) is 7.11 Å². The highest BCUT2D eigenvalue weighted by atomic mass is 17.2. The van der Waals surface area contributed by atoms with Crippen molar-refractivity contribution >= 4 is 5.91 Å². The maximum absolute atomic E-state index is 10.6. The summed E-state index contributed by atoms with van der Waals surface area (Å²) < 4.78 is 4.70. The van der Waals surface area contributed by atoms with Gasteiger partial charge in [0.05, 0.1) is 7.11 Å². The van der Waals surface area contributed by atoms with Crippen molar-refractivity contribution in [2.24, 2.45) is 5.73 Å². The number of nitrogens with two attached hydrogens (primary N) is 1. The number of rotatable bonds is 4. The zero-order valence-electron chi connectivity index (χ0n) is 6.44. The molecule has 66 valence electrons. The third-order valence-corrected chi connectivity index (χ3v) is 1.18. The molecule has 0 spiro atoms. The number of primary amides is 1. The molecule has 6 heteroatoms. The molecule has 1 rings (SSSR count). The molecule has 0 bridgehead atoms. The molecule has 0 atom stereocenters. The van der Waals surface area contributed by atoms with Gasteiger partial charge in [0.25, 0.3) is 5.91 Å². The van der Waals surface area contributed by atoms with E-state index in [-0.39, 0.29) is 12.4 Å². The lowest BCUT2D eigenvalue weighted by Gasteiger charge is -1.96. The van der Waals surface area contributed by atoms with E-state index in [1.54, 1.807) is 0 Å². The van der Waals surface area contributed by atoms with Crippen LogP contribution in [0.2, 0.25) is 0 Å². The van der Waals surface area contributed by atoms with Gasteiger partial charge in [0.15, 0.2) is 6.39 Å². The van der Waals surface area contributed by atoms with E-state index in [0.717, 1.165) is 6.39 Å². The smallest absolute Gasteiger partial charge is 0.286 e. The van der Waals surface area contributed by atoms with Gasteiger partial charge in [-0.1, -0.05) is 0 Å². The number of hydrogen-bond donors (Lipinski definition) is 1. The summed E-state index contributed by atoms with van der Waals surface area (Å²) in [6.07, 6.45) is 1.12. The monoisotopic (exact) mass is 172 g/mol. The van der Waals surface area contributed by atoms with Crippen molar-refractivity contribution in [3.63, 3.8) is 0 Å². The number of carbonyl (C=O) groups excluding carboxylic acids is 1. The van der Waals surface area contributed by atoms with Crippen LogP contribution in [-0.2, 0) is 16.4 Å². The Balaban J connectivity index is 2.70. The quantitative estimate of drug-likeness (QED) is 0.504. The van der Waals surface area contributed by atoms with E-state index in [9.17, 15) is 4.79 Å². The molecular formula is C6H8N2O4. The molecule has 1 aromatic rings. The Labute approximate surface area is 68.2 Å². The number of nitrogens with zero attached hydrogens (tertiary/aromatic N) is 1. The van der Waals surface area contributed by atoms with Gasteiger partial charge in [-0.3, -0.25) is 4.79 Å². The third kappa shape index (κ3) is 1.80. The molecule has 12 heavy (non-hydrogen) atoms. The first-order valence-corrected chi connectivity index (χ1v) is 3.13. The molecule has 2 N–H and O–H groups in total. The Hall–Kier alpha value is -1.40. The van der Waals surface area contributed by atoms with Gasteiger partial charge in [0.1, 0.15) is 12.3 Å². The molecule has 0 radical (unpaired) electrons. The maximum Gasteiger partial charge on any atom is 0.286 e. The van der Waals surface area contributed by atoms with Crippen LogP contribution in [-0.4, -0.2) is 18.0 Å². The van der Waals surface area contributed by atoms with Crippen molar-refractivity contribution in [2.45, 2.75) is 6.61 Å². The van der Waals surface area contributed by atoms with Crippen LogP contribution in [0.25, 0.3) is 0 Å². The van der Waals surface area contributed by atoms with Gasteiger partial charge in [0, 0.05) is 0 Å². The summed E-state index contributed by atoms with van der Waals surface area (Å²) >= 11 is 0. The van der Waals surface area contributed by atoms with Crippen molar-refractivity contribution < 1.29 is 19.0 Å². The molecular weight excluding hydrogens is 164 g/mol. The molecule has 1 aromatic heterocycles. The molecule has 1 heterocycles. The minimum atomic E-state index is -0.679. The zero-order valence-corrected chi connectivity index (χ0v) is 6.44. The van der Waals surface area contributed by atoms with Crippen LogP contribution in [0.15, 0.2) is 10.8 Å². The largest absolute Gasteiger partial charge is 0.438 e. The fourth-order valence-electron chi connectivity index (χ4n) is 0.687. The van der Waals surface area contributed by atoms with E-state index in [1.807, 2.05) is 0 Å². The average Bonchev–Trinajstić information content (AvgIpc) is 2.48. The second-order valence-electron chi connectivity index (χ2n) is 1.92. The van der Waals surface area contributed by atoms with Gasteiger partial charge >= 0.3 is 0 Å². The van der Waals surface area contributed by atoms with E-state index in [4.69, 9.17) is 10.2 Å². The van der Waals surface area contributed by atoms with Crippen LogP contribution in [0.4, 0.5) is 0 Å². The van der Waals surface area contributed by atoms with Gasteiger partial charge in [-0.25, -0.2) is 14.8 Å². The molecule has 0 unspecified atom stereocenters. The number of carbonyl (C=O) groups is 1. The van der Waals surface area contributed by atoms with Crippen LogP contribution in [0.5, 0.6) is 0 Å². The molecule has 0 saturated carbocycles. The molecule has 0 aromatic carbocycles. The standard InChI is InChI=1S/C6H8N2O4/c1-10-12-2-4-5(6(7)9)11-3-8-4/h3H,2H2,1H3,(H2,7,9). The van der Waals surface area contributed by atoms with Crippen molar-refractivity contribution in [1.29, 1.82) is 0 Å². The van der Waals surface area contributed by atoms with E-state index in [0.29, 0.717) is 5.69 Å². The Kier molecular flexibility index (Phi) is 2.78. The Morgan fingerprint density at radius 1 is 1.83 bits per heavy atom. The first kappa shape index (κ1) is 8.69. The van der Waals surface area contributed by atoms with Gasteiger partial charge in [-0.05, 0) is 0 Å². The lowest BCUT2D eigenvalue weighted by Crippen LogP contribution is -2.12. The summed E-state index contributed by atoms with van der Waals surface area (Å²) in [7, 11) is 1.35. The lowest BCUT2D eigenvalue weighted by atomic mass is 10.3. The molecule has 1 amide bonds. The van der Waals surface area contributed by atoms with Crippen molar-refractivity contribution in [1.82, 2.24) is 4.98 Å². The Bertz CT molecular complexity index is 270. The summed E-state index contributed by atoms with van der Waals surface area (Å²) in [6.45, 7) is 0.0330. The van der Waals surface area contributed by atoms with Gasteiger partial charge in [0.2, 0.25) is 5.76 Å². The normalized spacial score (nSPS) is 10.1. The maximum atomic E-state index is 10.6. The fraction of sp³-hybridized carbons (Fsp3) is 0.333. The lowest BCUT2D eigenvalue weighted by molar-refractivity contribution is -0.282. The van der Waals surface area contributed by atoms with Crippen LogP contribution in [0, 0.1) is 0 Å². The predicted molar refractivity (Wildman–Crippen MR) is 36.8 cm³/mol. The summed E-state index contributed by atoms with van der Waals surface area (Å²) in [5, 5.41) is 0. The van der Waals surface area contributed by atoms with Gasteiger partial charge < -0.3 is 10.2 Å². The summed E-state index contributed by atoms with van der Waals surface area (Å²) in [5.41, 5.74) is 5.29. The summed E-state index contributed by atoms with van der Waals surface area (Å²) in [4.78, 5) is 23.2. The molecule has 0 aliphatic heterocycles. The highest BCUT2D eigenvalue weighted by Crippen LogP contribution is 2.06. The first-order valence-electron chi connectivity index (χ1n) is 3.13. The average molecular weight is 172 g/mol. The van der Waals surface area contributed by atoms with Crippen LogP contribution in [0.3, 0.4) is 0 Å². The van der Waals surface area contributed by atoms with Crippen LogP contribution < -0.4 is 5.73 Å². The van der Waals surface area contributed by atoms with Crippen LogP contribution >= 0.6 is 0 Å². The van der Waals surface area contributed by atoms with Gasteiger partial charge in [-0.2, -0.15) is 0 Å². The number of aromatic nitrogens is 1. The number of hydrogen-bond acceptors (Lipinski definition) is 5. The predicted octanol–water partition coefficient (Wildman–Crippen LogP) is -0.148. The second kappa shape index (κ2) is 3.84. The molecule has 0 saturated heterocycles.